The van der Waals surface area contributed by atoms with Crippen molar-refractivity contribution >= 4 is 23.1 Å². The normalized spacial score (nSPS) is 10.8. The summed E-state index contributed by atoms with van der Waals surface area (Å²) in [4.78, 5) is 11.5. The molecule has 100 valence electrons. The van der Waals surface area contributed by atoms with E-state index in [0.717, 1.165) is 6.07 Å². The van der Waals surface area contributed by atoms with Gasteiger partial charge in [0.2, 0.25) is 0 Å². The molecule has 0 fully saturated rings. The van der Waals surface area contributed by atoms with Crippen LogP contribution in [0, 0.1) is 12.7 Å². The molecule has 0 saturated carbocycles. The number of benzene rings is 1. The predicted molar refractivity (Wildman–Crippen MR) is 64.0 cm³/mol. The lowest BCUT2D eigenvalue weighted by Crippen LogP contribution is -2.13. The zero-order valence-electron chi connectivity index (χ0n) is 9.65. The molecular formula is C11H8F3N3OS. The number of rotatable bonds is 3. The quantitative estimate of drug-likeness (QED) is 0.943. The number of nitrogens with one attached hydrogen (secondary N) is 1. The average Bonchev–Trinajstić information content (AvgIpc) is 2.83. The van der Waals surface area contributed by atoms with Crippen LogP contribution in [0.15, 0.2) is 18.2 Å². The van der Waals surface area contributed by atoms with Gasteiger partial charge in [-0.15, -0.1) is 5.10 Å². The Bertz CT molecular complexity index is 615. The third kappa shape index (κ3) is 2.90. The van der Waals surface area contributed by atoms with Crippen LogP contribution >= 0.6 is 11.5 Å². The number of hydrogen-bond acceptors (Lipinski definition) is 4. The summed E-state index contributed by atoms with van der Waals surface area (Å²) in [6.45, 7) is 1.66. The van der Waals surface area contributed by atoms with Crippen LogP contribution in [0.3, 0.4) is 0 Å². The van der Waals surface area contributed by atoms with Gasteiger partial charge in [0.25, 0.3) is 12.3 Å². The van der Waals surface area contributed by atoms with Gasteiger partial charge in [0.1, 0.15) is 10.7 Å². The highest BCUT2D eigenvalue weighted by molar-refractivity contribution is 7.08. The Morgan fingerprint density at radius 3 is 2.84 bits per heavy atom. The van der Waals surface area contributed by atoms with E-state index in [-0.39, 0.29) is 10.6 Å². The third-order valence-corrected chi connectivity index (χ3v) is 3.11. The first-order chi connectivity index (χ1) is 8.99. The fourth-order valence-corrected chi connectivity index (χ4v) is 1.97. The highest BCUT2D eigenvalue weighted by Gasteiger charge is 2.23. The lowest BCUT2D eigenvalue weighted by atomic mass is 10.2. The summed E-state index contributed by atoms with van der Waals surface area (Å²) in [5.74, 6) is -1.31. The molecule has 1 aromatic heterocycles. The van der Waals surface area contributed by atoms with Crippen molar-refractivity contribution in [3.8, 4) is 0 Å². The molecule has 0 aliphatic carbocycles. The maximum absolute atomic E-state index is 13.1. The average molecular weight is 287 g/mol. The Morgan fingerprint density at radius 1 is 1.42 bits per heavy atom. The molecule has 0 saturated heterocycles. The second kappa shape index (κ2) is 5.35. The molecule has 2 rings (SSSR count). The van der Waals surface area contributed by atoms with Crippen LogP contribution in [0.4, 0.5) is 18.9 Å². The first kappa shape index (κ1) is 13.5. The van der Waals surface area contributed by atoms with Crippen molar-refractivity contribution in [1.82, 2.24) is 9.59 Å². The van der Waals surface area contributed by atoms with E-state index in [4.69, 9.17) is 0 Å². The molecule has 0 atom stereocenters. The molecule has 1 amide bonds. The van der Waals surface area contributed by atoms with Crippen LogP contribution in [-0.2, 0) is 0 Å². The molecule has 1 N–H and O–H groups in total. The molecule has 0 bridgehead atoms. The van der Waals surface area contributed by atoms with Gasteiger partial charge in [0, 0.05) is 5.69 Å². The van der Waals surface area contributed by atoms with Crippen LogP contribution in [-0.4, -0.2) is 15.5 Å². The van der Waals surface area contributed by atoms with Gasteiger partial charge in [-0.2, -0.15) is 0 Å². The number of alkyl halides is 2. The van der Waals surface area contributed by atoms with Crippen LogP contribution in [0.25, 0.3) is 0 Å². The van der Waals surface area contributed by atoms with Crippen molar-refractivity contribution in [1.29, 1.82) is 0 Å². The van der Waals surface area contributed by atoms with Gasteiger partial charge in [-0.05, 0) is 36.2 Å². The van der Waals surface area contributed by atoms with Gasteiger partial charge in [-0.25, -0.2) is 13.2 Å². The molecule has 0 unspecified atom stereocenters. The van der Waals surface area contributed by atoms with E-state index in [9.17, 15) is 18.0 Å². The zero-order chi connectivity index (χ0) is 14.0. The number of halogens is 3. The molecule has 0 radical (unpaired) electrons. The van der Waals surface area contributed by atoms with Crippen molar-refractivity contribution in [2.75, 3.05) is 5.32 Å². The van der Waals surface area contributed by atoms with Crippen molar-refractivity contribution < 1.29 is 18.0 Å². The molecule has 0 aliphatic rings. The molecule has 1 aromatic carbocycles. The number of aromatic nitrogens is 2. The summed E-state index contributed by atoms with van der Waals surface area (Å²) in [7, 11) is 0. The fourth-order valence-electron chi connectivity index (χ4n) is 1.41. The van der Waals surface area contributed by atoms with Crippen LogP contribution in [0.2, 0.25) is 0 Å². The highest BCUT2D eigenvalue weighted by atomic mass is 32.1. The number of carbonyl (C=O) groups excluding carboxylic acids is 1. The lowest BCUT2D eigenvalue weighted by molar-refractivity contribution is 0.101. The molecule has 19 heavy (non-hydrogen) atoms. The SMILES string of the molecule is Cc1ccc(F)cc1NC(=O)c1snnc1C(F)F. The number of anilines is 1. The first-order valence-corrected chi connectivity index (χ1v) is 5.94. The van der Waals surface area contributed by atoms with Crippen LogP contribution in [0.1, 0.15) is 27.4 Å². The topological polar surface area (TPSA) is 54.9 Å². The molecule has 0 spiro atoms. The van der Waals surface area contributed by atoms with Crippen molar-refractivity contribution in [2.45, 2.75) is 13.3 Å². The van der Waals surface area contributed by atoms with Gasteiger partial charge < -0.3 is 5.32 Å². The maximum Gasteiger partial charge on any atom is 0.283 e. The minimum Gasteiger partial charge on any atom is -0.321 e. The summed E-state index contributed by atoms with van der Waals surface area (Å²) in [5.41, 5.74) is 0.168. The van der Waals surface area contributed by atoms with E-state index in [1.165, 1.54) is 12.1 Å². The lowest BCUT2D eigenvalue weighted by Gasteiger charge is -2.07. The summed E-state index contributed by atoms with van der Waals surface area (Å²) < 4.78 is 41.5. The molecule has 2 aromatic rings. The summed E-state index contributed by atoms with van der Waals surface area (Å²) >= 11 is 0.568. The number of aryl methyl sites for hydroxylation is 1. The van der Waals surface area contributed by atoms with Gasteiger partial charge in [0.15, 0.2) is 5.69 Å². The number of nitrogens with zero attached hydrogens (tertiary/aromatic N) is 2. The van der Waals surface area contributed by atoms with E-state index >= 15 is 0 Å². The monoisotopic (exact) mass is 287 g/mol. The van der Waals surface area contributed by atoms with Crippen LogP contribution in [0.5, 0.6) is 0 Å². The van der Waals surface area contributed by atoms with E-state index in [2.05, 4.69) is 14.9 Å². The predicted octanol–water partition coefficient (Wildman–Crippen LogP) is 3.18. The van der Waals surface area contributed by atoms with Crippen molar-refractivity contribution in [3.63, 3.8) is 0 Å². The molecule has 4 nitrogen and oxygen atoms in total. The van der Waals surface area contributed by atoms with Gasteiger partial charge >= 0.3 is 0 Å². The number of carbonyl (C=O) groups is 1. The van der Waals surface area contributed by atoms with Gasteiger partial charge in [-0.3, -0.25) is 4.79 Å². The second-order valence-corrected chi connectivity index (χ2v) is 4.46. The summed E-state index contributed by atoms with van der Waals surface area (Å²) in [5, 5.41) is 5.57. The van der Waals surface area contributed by atoms with Crippen LogP contribution < -0.4 is 5.32 Å². The summed E-state index contributed by atoms with van der Waals surface area (Å²) in [6.07, 6.45) is -2.88. The Kier molecular flexibility index (Phi) is 3.79. The zero-order valence-corrected chi connectivity index (χ0v) is 10.5. The molecule has 1 heterocycles. The minimum atomic E-state index is -2.88. The Balaban J connectivity index is 2.26. The number of hydrogen-bond donors (Lipinski definition) is 1. The standard InChI is InChI=1S/C11H8F3N3OS/c1-5-2-3-6(12)4-7(5)15-11(18)9-8(10(13)14)16-17-19-9/h2-4,10H,1H3,(H,15,18). The second-order valence-electron chi connectivity index (χ2n) is 3.70. The molecular weight excluding hydrogens is 279 g/mol. The van der Waals surface area contributed by atoms with Gasteiger partial charge in [0.05, 0.1) is 0 Å². The largest absolute Gasteiger partial charge is 0.321 e. The van der Waals surface area contributed by atoms with E-state index < -0.39 is 23.8 Å². The smallest absolute Gasteiger partial charge is 0.283 e. The van der Waals surface area contributed by atoms with E-state index in [1.807, 2.05) is 0 Å². The maximum atomic E-state index is 13.1. The van der Waals surface area contributed by atoms with E-state index in [1.54, 1.807) is 6.92 Å². The van der Waals surface area contributed by atoms with Crippen molar-refractivity contribution in [3.05, 3.63) is 40.2 Å². The Morgan fingerprint density at radius 2 is 2.16 bits per heavy atom. The highest BCUT2D eigenvalue weighted by Crippen LogP contribution is 2.24. The Hall–Kier alpha value is -1.96. The molecule has 8 heteroatoms. The van der Waals surface area contributed by atoms with E-state index in [0.29, 0.717) is 17.1 Å². The summed E-state index contributed by atoms with van der Waals surface area (Å²) in [6, 6.07) is 3.83. The van der Waals surface area contributed by atoms with Gasteiger partial charge in [-0.1, -0.05) is 10.6 Å². The van der Waals surface area contributed by atoms with Crippen molar-refractivity contribution in [2.24, 2.45) is 0 Å². The third-order valence-electron chi connectivity index (χ3n) is 2.37. The molecule has 0 aliphatic heterocycles. The fraction of sp³-hybridized carbons (Fsp3) is 0.182. The minimum absolute atomic E-state index is 0.221. The number of amides is 1. The first-order valence-electron chi connectivity index (χ1n) is 5.17. The Labute approximate surface area is 110 Å².